The molecule has 3 N–H and O–H groups in total. The van der Waals surface area contributed by atoms with Crippen LogP contribution in [0, 0.1) is 0 Å². The third kappa shape index (κ3) is 2.41. The van der Waals surface area contributed by atoms with Crippen molar-refractivity contribution in [3.05, 3.63) is 28.7 Å². The van der Waals surface area contributed by atoms with Gasteiger partial charge in [0, 0.05) is 5.38 Å². The highest BCUT2D eigenvalue weighted by Crippen LogP contribution is 2.18. The van der Waals surface area contributed by atoms with Crippen molar-refractivity contribution in [2.24, 2.45) is 5.84 Å². The summed E-state index contributed by atoms with van der Waals surface area (Å²) in [6.07, 6.45) is 0.834. The van der Waals surface area contributed by atoms with E-state index in [1.54, 1.807) is 16.8 Å². The van der Waals surface area contributed by atoms with Crippen LogP contribution in [0.5, 0.6) is 0 Å². The summed E-state index contributed by atoms with van der Waals surface area (Å²) in [5.74, 6) is 5.39. The lowest BCUT2D eigenvalue weighted by Gasteiger charge is -2.12. The van der Waals surface area contributed by atoms with Gasteiger partial charge in [-0.15, -0.1) is 17.9 Å². The summed E-state index contributed by atoms with van der Waals surface area (Å²) in [7, 11) is 0. The van der Waals surface area contributed by atoms with Gasteiger partial charge in [-0.3, -0.25) is 11.3 Å². The smallest absolute Gasteiger partial charge is 0.0795 e. The van der Waals surface area contributed by atoms with Crippen LogP contribution in [0.2, 0.25) is 0 Å². The van der Waals surface area contributed by atoms with E-state index >= 15 is 0 Å². The van der Waals surface area contributed by atoms with E-state index in [1.165, 1.54) is 0 Å². The second kappa shape index (κ2) is 4.35. The first-order valence-corrected chi connectivity index (χ1v) is 4.67. The number of hydrogen-bond donors (Lipinski definition) is 2. The minimum Gasteiger partial charge on any atom is -0.271 e. The summed E-state index contributed by atoms with van der Waals surface area (Å²) in [5.41, 5.74) is 6.62. The average molecular weight is 183 g/mol. The van der Waals surface area contributed by atoms with Crippen molar-refractivity contribution < 1.29 is 0 Å². The summed E-state index contributed by atoms with van der Waals surface area (Å²) >= 11 is 1.57. The largest absolute Gasteiger partial charge is 0.271 e. The molecule has 1 rings (SSSR count). The third-order valence-corrected chi connectivity index (χ3v) is 2.17. The van der Waals surface area contributed by atoms with Gasteiger partial charge in [0.2, 0.25) is 0 Å². The van der Waals surface area contributed by atoms with Crippen molar-refractivity contribution in [2.75, 3.05) is 0 Å². The summed E-state index contributed by atoms with van der Waals surface area (Å²) < 4.78 is 0. The molecule has 0 amide bonds. The molecule has 0 aliphatic carbocycles. The van der Waals surface area contributed by atoms with E-state index in [0.717, 1.165) is 17.7 Å². The molecule has 1 unspecified atom stereocenters. The van der Waals surface area contributed by atoms with E-state index in [1.807, 2.05) is 12.3 Å². The molecule has 4 heteroatoms. The van der Waals surface area contributed by atoms with Crippen molar-refractivity contribution >= 4 is 11.3 Å². The number of nitrogens with one attached hydrogen (secondary N) is 1. The van der Waals surface area contributed by atoms with Gasteiger partial charge in [-0.05, 0) is 13.3 Å². The van der Waals surface area contributed by atoms with Crippen LogP contribution in [0.4, 0.5) is 0 Å². The second-order valence-corrected chi connectivity index (χ2v) is 3.51. The molecule has 0 saturated heterocycles. The Morgan fingerprint density at radius 2 is 2.67 bits per heavy atom. The lowest BCUT2D eigenvalue weighted by Crippen LogP contribution is -2.28. The Morgan fingerprint density at radius 3 is 3.08 bits per heavy atom. The minimum absolute atomic E-state index is 0.105. The normalized spacial score (nSPS) is 12.8. The average Bonchev–Trinajstić information content (AvgIpc) is 2.51. The van der Waals surface area contributed by atoms with Crippen LogP contribution in [0.15, 0.2) is 23.0 Å². The molecule has 3 nitrogen and oxygen atoms in total. The Bertz CT molecular complexity index is 243. The zero-order valence-electron chi connectivity index (χ0n) is 7.08. The second-order valence-electron chi connectivity index (χ2n) is 2.79. The van der Waals surface area contributed by atoms with Crippen LogP contribution in [-0.4, -0.2) is 4.98 Å². The van der Waals surface area contributed by atoms with Gasteiger partial charge in [-0.25, -0.2) is 4.98 Å². The van der Waals surface area contributed by atoms with E-state index in [4.69, 9.17) is 5.84 Å². The van der Waals surface area contributed by atoms with Gasteiger partial charge in [-0.2, -0.15) is 0 Å². The van der Waals surface area contributed by atoms with Gasteiger partial charge in [0.25, 0.3) is 0 Å². The van der Waals surface area contributed by atoms with Crippen molar-refractivity contribution in [3.63, 3.8) is 0 Å². The number of nitrogens with zero attached hydrogens (tertiary/aromatic N) is 1. The number of hydrazine groups is 1. The van der Waals surface area contributed by atoms with Crippen LogP contribution in [0.25, 0.3) is 0 Å². The SMILES string of the molecule is C=C(C)CC(NN)c1cscn1. The molecule has 0 aliphatic rings. The van der Waals surface area contributed by atoms with E-state index in [2.05, 4.69) is 17.0 Å². The van der Waals surface area contributed by atoms with Gasteiger partial charge < -0.3 is 0 Å². The Labute approximate surface area is 76.3 Å². The van der Waals surface area contributed by atoms with Gasteiger partial charge in [0.1, 0.15) is 0 Å². The maximum absolute atomic E-state index is 5.39. The fourth-order valence-corrected chi connectivity index (χ4v) is 1.60. The van der Waals surface area contributed by atoms with E-state index in [9.17, 15) is 0 Å². The highest BCUT2D eigenvalue weighted by molar-refractivity contribution is 7.07. The summed E-state index contributed by atoms with van der Waals surface area (Å²) in [4.78, 5) is 4.18. The minimum atomic E-state index is 0.105. The zero-order valence-corrected chi connectivity index (χ0v) is 7.90. The lowest BCUT2D eigenvalue weighted by molar-refractivity contribution is 0.539. The highest BCUT2D eigenvalue weighted by atomic mass is 32.1. The Balaban J connectivity index is 2.63. The Morgan fingerprint density at radius 1 is 1.92 bits per heavy atom. The molecule has 1 heterocycles. The van der Waals surface area contributed by atoms with Crippen LogP contribution in [0.3, 0.4) is 0 Å². The Hall–Kier alpha value is -0.710. The molecule has 1 aromatic heterocycles. The van der Waals surface area contributed by atoms with Crippen molar-refractivity contribution in [1.82, 2.24) is 10.4 Å². The monoisotopic (exact) mass is 183 g/mol. The molecule has 0 saturated carbocycles. The molecule has 0 aliphatic heterocycles. The van der Waals surface area contributed by atoms with Crippen LogP contribution >= 0.6 is 11.3 Å². The molecular formula is C8H13N3S. The molecule has 0 aromatic carbocycles. The van der Waals surface area contributed by atoms with Gasteiger partial charge >= 0.3 is 0 Å². The van der Waals surface area contributed by atoms with E-state index in [-0.39, 0.29) is 6.04 Å². The third-order valence-electron chi connectivity index (χ3n) is 1.56. The maximum atomic E-state index is 5.39. The Kier molecular flexibility index (Phi) is 3.40. The molecule has 0 bridgehead atoms. The molecule has 1 aromatic rings. The first kappa shape index (κ1) is 9.38. The number of aromatic nitrogens is 1. The highest BCUT2D eigenvalue weighted by Gasteiger charge is 2.10. The van der Waals surface area contributed by atoms with Crippen molar-refractivity contribution in [1.29, 1.82) is 0 Å². The predicted octanol–water partition coefficient (Wildman–Crippen LogP) is 1.61. The lowest BCUT2D eigenvalue weighted by atomic mass is 10.1. The number of rotatable bonds is 4. The first-order chi connectivity index (χ1) is 5.74. The van der Waals surface area contributed by atoms with Crippen molar-refractivity contribution in [2.45, 2.75) is 19.4 Å². The predicted molar refractivity (Wildman–Crippen MR) is 51.6 cm³/mol. The first-order valence-electron chi connectivity index (χ1n) is 3.72. The van der Waals surface area contributed by atoms with Crippen LogP contribution < -0.4 is 11.3 Å². The standard InChI is InChI=1S/C8H13N3S/c1-6(2)3-7(11-9)8-4-12-5-10-8/h4-5,7,11H,1,3,9H2,2H3. The quantitative estimate of drug-likeness (QED) is 0.423. The van der Waals surface area contributed by atoms with Gasteiger partial charge in [0.15, 0.2) is 0 Å². The number of nitrogens with two attached hydrogens (primary N) is 1. The molecule has 12 heavy (non-hydrogen) atoms. The topological polar surface area (TPSA) is 50.9 Å². The fraction of sp³-hybridized carbons (Fsp3) is 0.375. The summed E-state index contributed by atoms with van der Waals surface area (Å²) in [6, 6.07) is 0.105. The summed E-state index contributed by atoms with van der Waals surface area (Å²) in [5, 5.41) is 1.99. The molecule has 66 valence electrons. The van der Waals surface area contributed by atoms with E-state index < -0.39 is 0 Å². The van der Waals surface area contributed by atoms with Crippen molar-refractivity contribution in [3.8, 4) is 0 Å². The van der Waals surface area contributed by atoms with Crippen LogP contribution in [-0.2, 0) is 0 Å². The fourth-order valence-electron chi connectivity index (χ4n) is 0.991. The molecular weight excluding hydrogens is 170 g/mol. The molecule has 0 fully saturated rings. The summed E-state index contributed by atoms with van der Waals surface area (Å²) in [6.45, 7) is 5.82. The van der Waals surface area contributed by atoms with Crippen LogP contribution in [0.1, 0.15) is 25.1 Å². The zero-order chi connectivity index (χ0) is 8.97. The van der Waals surface area contributed by atoms with Gasteiger partial charge in [-0.1, -0.05) is 5.57 Å². The molecule has 1 atom stereocenters. The number of thiazole rings is 1. The van der Waals surface area contributed by atoms with E-state index in [0.29, 0.717) is 0 Å². The maximum Gasteiger partial charge on any atom is 0.0795 e. The molecule has 0 radical (unpaired) electrons. The van der Waals surface area contributed by atoms with Gasteiger partial charge in [0.05, 0.1) is 17.2 Å². The number of hydrogen-bond acceptors (Lipinski definition) is 4. The molecule has 0 spiro atoms.